The molecule has 0 aliphatic rings. The van der Waals surface area contributed by atoms with Gasteiger partial charge in [0.2, 0.25) is 0 Å². The quantitative estimate of drug-likeness (QED) is 0.816. The van der Waals surface area contributed by atoms with Crippen molar-refractivity contribution in [1.29, 1.82) is 0 Å². The van der Waals surface area contributed by atoms with Crippen molar-refractivity contribution in [1.82, 2.24) is 0 Å². The lowest BCUT2D eigenvalue weighted by Crippen LogP contribution is -2.12. The Balaban J connectivity index is 2.32. The first kappa shape index (κ1) is 15.8. The van der Waals surface area contributed by atoms with E-state index < -0.39 is 16.0 Å². The molecule has 2 N–H and O–H groups in total. The molecule has 9 heteroatoms. The van der Waals surface area contributed by atoms with Crippen LogP contribution in [0, 0.1) is 0 Å². The van der Waals surface area contributed by atoms with Crippen molar-refractivity contribution in [3.05, 3.63) is 39.0 Å². The molecule has 0 saturated carbocycles. The smallest absolute Gasteiger partial charge is 0.345 e. The van der Waals surface area contributed by atoms with Crippen molar-refractivity contribution >= 4 is 48.9 Å². The third kappa shape index (κ3) is 3.74. The number of nitrogens with one attached hydrogen (secondary N) is 1. The molecular formula is C12H10BrNO5S2. The molecule has 0 spiro atoms. The predicted molar refractivity (Wildman–Crippen MR) is 82.8 cm³/mol. The minimum atomic E-state index is -3.85. The molecule has 112 valence electrons. The summed E-state index contributed by atoms with van der Waals surface area (Å²) in [5.74, 6) is -0.677. The normalized spacial score (nSPS) is 11.1. The fourth-order valence-electron chi connectivity index (χ4n) is 1.53. The van der Waals surface area contributed by atoms with E-state index in [1.165, 1.54) is 18.6 Å². The van der Waals surface area contributed by atoms with Crippen LogP contribution in [0.25, 0.3) is 0 Å². The van der Waals surface area contributed by atoms with Crippen LogP contribution in [-0.4, -0.2) is 26.6 Å². The molecule has 1 aromatic heterocycles. The number of ether oxygens (including phenoxy) is 1. The summed E-state index contributed by atoms with van der Waals surface area (Å²) in [6.07, 6.45) is 0. The maximum atomic E-state index is 12.2. The fourth-order valence-corrected chi connectivity index (χ4v) is 4.15. The number of thiophene rings is 1. The molecular weight excluding hydrogens is 382 g/mol. The van der Waals surface area contributed by atoms with Crippen LogP contribution in [0.3, 0.4) is 0 Å². The number of hydrogen-bond acceptors (Lipinski definition) is 5. The van der Waals surface area contributed by atoms with Crippen molar-refractivity contribution in [3.8, 4) is 5.75 Å². The Morgan fingerprint density at radius 1 is 1.33 bits per heavy atom. The van der Waals surface area contributed by atoms with Gasteiger partial charge in [0.1, 0.15) is 10.6 Å². The summed E-state index contributed by atoms with van der Waals surface area (Å²) in [7, 11) is -2.38. The number of carbonyl (C=O) groups is 1. The fraction of sp³-hybridized carbons (Fsp3) is 0.0833. The largest absolute Gasteiger partial charge is 0.497 e. The Hall–Kier alpha value is -1.58. The monoisotopic (exact) mass is 391 g/mol. The number of halogens is 1. The Labute approximate surface area is 133 Å². The highest BCUT2D eigenvalue weighted by Gasteiger charge is 2.19. The van der Waals surface area contributed by atoms with Crippen molar-refractivity contribution in [2.24, 2.45) is 0 Å². The number of sulfonamides is 1. The molecule has 1 heterocycles. The van der Waals surface area contributed by atoms with Crippen molar-refractivity contribution in [3.63, 3.8) is 0 Å². The molecule has 0 amide bonds. The van der Waals surface area contributed by atoms with Crippen LogP contribution in [0.4, 0.5) is 5.69 Å². The molecule has 0 fully saturated rings. The van der Waals surface area contributed by atoms with Crippen LogP contribution in [0.15, 0.2) is 39.0 Å². The zero-order chi connectivity index (χ0) is 15.6. The van der Waals surface area contributed by atoms with Crippen LogP contribution < -0.4 is 9.46 Å². The highest BCUT2D eigenvalue weighted by Crippen LogP contribution is 2.27. The van der Waals surface area contributed by atoms with Crippen molar-refractivity contribution in [2.75, 3.05) is 11.8 Å². The summed E-state index contributed by atoms with van der Waals surface area (Å²) in [5, 5.41) is 10.1. The van der Waals surface area contributed by atoms with E-state index in [1.54, 1.807) is 12.1 Å². The Bertz CT molecular complexity index is 785. The average molecular weight is 392 g/mol. The van der Waals surface area contributed by atoms with Gasteiger partial charge in [0.25, 0.3) is 10.0 Å². The maximum absolute atomic E-state index is 12.2. The van der Waals surface area contributed by atoms with E-state index in [1.807, 2.05) is 0 Å². The van der Waals surface area contributed by atoms with Gasteiger partial charge >= 0.3 is 5.97 Å². The lowest BCUT2D eigenvalue weighted by molar-refractivity contribution is 0.0702. The number of hydrogen-bond donors (Lipinski definition) is 2. The second-order valence-corrected chi connectivity index (χ2v) is 7.45. The summed E-state index contributed by atoms with van der Waals surface area (Å²) >= 11 is 4.10. The third-order valence-electron chi connectivity index (χ3n) is 2.46. The summed E-state index contributed by atoms with van der Waals surface area (Å²) in [6.45, 7) is 0. The number of carboxylic acid groups (broad SMARTS) is 1. The van der Waals surface area contributed by atoms with E-state index in [9.17, 15) is 13.2 Å². The molecule has 0 radical (unpaired) electrons. The van der Waals surface area contributed by atoms with E-state index in [4.69, 9.17) is 9.84 Å². The van der Waals surface area contributed by atoms with Gasteiger partial charge in [0.15, 0.2) is 0 Å². The van der Waals surface area contributed by atoms with Gasteiger partial charge in [-0.3, -0.25) is 4.72 Å². The Morgan fingerprint density at radius 3 is 2.62 bits per heavy atom. The van der Waals surface area contributed by atoms with E-state index in [-0.39, 0.29) is 9.77 Å². The van der Waals surface area contributed by atoms with E-state index in [2.05, 4.69) is 20.7 Å². The summed E-state index contributed by atoms with van der Waals surface area (Å²) in [6, 6.07) is 5.90. The van der Waals surface area contributed by atoms with E-state index in [0.717, 1.165) is 17.4 Å². The SMILES string of the molecule is COc1cc(Br)cc(NS(=O)(=O)c2csc(C(=O)O)c2)c1. The highest BCUT2D eigenvalue weighted by atomic mass is 79.9. The molecule has 6 nitrogen and oxygen atoms in total. The molecule has 1 aromatic carbocycles. The Morgan fingerprint density at radius 2 is 2.05 bits per heavy atom. The van der Waals surface area contributed by atoms with Crippen LogP contribution in [0.1, 0.15) is 9.67 Å². The van der Waals surface area contributed by atoms with Crippen LogP contribution in [-0.2, 0) is 10.0 Å². The number of carboxylic acids is 1. The molecule has 0 bridgehead atoms. The molecule has 0 aliphatic carbocycles. The third-order valence-corrected chi connectivity index (χ3v) is 5.34. The second kappa shape index (κ2) is 6.04. The van der Waals surface area contributed by atoms with E-state index in [0.29, 0.717) is 15.9 Å². The number of rotatable bonds is 5. The molecule has 2 rings (SSSR count). The molecule has 0 saturated heterocycles. The molecule has 21 heavy (non-hydrogen) atoms. The Kier molecular flexibility index (Phi) is 4.55. The summed E-state index contributed by atoms with van der Waals surface area (Å²) in [4.78, 5) is 10.7. The van der Waals surface area contributed by atoms with Crippen LogP contribution in [0.5, 0.6) is 5.75 Å². The minimum absolute atomic E-state index is 0.0396. The highest BCUT2D eigenvalue weighted by molar-refractivity contribution is 9.10. The van der Waals surface area contributed by atoms with Gasteiger partial charge in [-0.05, 0) is 18.2 Å². The van der Waals surface area contributed by atoms with E-state index >= 15 is 0 Å². The first-order chi connectivity index (χ1) is 9.81. The molecule has 0 atom stereocenters. The van der Waals surface area contributed by atoms with Gasteiger partial charge in [-0.2, -0.15) is 0 Å². The molecule has 0 unspecified atom stereocenters. The zero-order valence-electron chi connectivity index (χ0n) is 10.7. The predicted octanol–water partition coefficient (Wildman–Crippen LogP) is 3.02. The van der Waals surface area contributed by atoms with Gasteiger partial charge in [0, 0.05) is 15.9 Å². The maximum Gasteiger partial charge on any atom is 0.345 e. The lowest BCUT2D eigenvalue weighted by Gasteiger charge is -2.09. The van der Waals surface area contributed by atoms with Gasteiger partial charge in [-0.1, -0.05) is 15.9 Å². The number of benzene rings is 1. The van der Waals surface area contributed by atoms with Crippen LogP contribution >= 0.6 is 27.3 Å². The van der Waals surface area contributed by atoms with Gasteiger partial charge < -0.3 is 9.84 Å². The molecule has 2 aromatic rings. The zero-order valence-corrected chi connectivity index (χ0v) is 13.9. The lowest BCUT2D eigenvalue weighted by atomic mass is 10.3. The average Bonchev–Trinajstić information content (AvgIpc) is 2.87. The summed E-state index contributed by atoms with van der Waals surface area (Å²) in [5.41, 5.74) is 0.310. The topological polar surface area (TPSA) is 92.7 Å². The van der Waals surface area contributed by atoms with Gasteiger partial charge in [-0.25, -0.2) is 13.2 Å². The van der Waals surface area contributed by atoms with Gasteiger partial charge in [0.05, 0.1) is 17.7 Å². The van der Waals surface area contributed by atoms with Crippen LogP contribution in [0.2, 0.25) is 0 Å². The molecule has 0 aliphatic heterocycles. The van der Waals surface area contributed by atoms with Crippen molar-refractivity contribution in [2.45, 2.75) is 4.90 Å². The second-order valence-electron chi connectivity index (χ2n) is 3.94. The van der Waals surface area contributed by atoms with Gasteiger partial charge in [-0.15, -0.1) is 11.3 Å². The van der Waals surface area contributed by atoms with Crippen molar-refractivity contribution < 1.29 is 23.1 Å². The number of methoxy groups -OCH3 is 1. The first-order valence-electron chi connectivity index (χ1n) is 5.51. The summed E-state index contributed by atoms with van der Waals surface area (Å²) < 4.78 is 32.5. The standard InChI is InChI=1S/C12H10BrNO5S2/c1-19-9-3-7(13)2-8(4-9)14-21(17,18)10-5-11(12(15)16)20-6-10/h2-6,14H,1H3,(H,15,16). The number of anilines is 1. The number of aromatic carboxylic acids is 1. The first-order valence-corrected chi connectivity index (χ1v) is 8.66. The minimum Gasteiger partial charge on any atom is -0.497 e.